The van der Waals surface area contributed by atoms with Gasteiger partial charge in [-0.15, -0.1) is 23.2 Å². The molecule has 5 heteroatoms. The van der Waals surface area contributed by atoms with E-state index in [-0.39, 0.29) is 5.88 Å². The Kier molecular flexibility index (Phi) is 2.93. The molecule has 0 bridgehead atoms. The normalized spacial score (nSPS) is 10.8. The monoisotopic (exact) mass is 241 g/mol. The van der Waals surface area contributed by atoms with Crippen LogP contribution in [0.2, 0.25) is 0 Å². The zero-order chi connectivity index (χ0) is 10.8. The van der Waals surface area contributed by atoms with Crippen molar-refractivity contribution in [2.24, 2.45) is 0 Å². The van der Waals surface area contributed by atoms with Crippen LogP contribution < -0.4 is 5.73 Å². The second-order valence-electron chi connectivity index (χ2n) is 3.14. The van der Waals surface area contributed by atoms with E-state index in [0.29, 0.717) is 17.5 Å². The van der Waals surface area contributed by atoms with Gasteiger partial charge in [0.05, 0.1) is 11.4 Å². The minimum atomic E-state index is 0.261. The van der Waals surface area contributed by atoms with E-state index < -0.39 is 0 Å². The first-order valence-electron chi connectivity index (χ1n) is 4.41. The Morgan fingerprint density at radius 1 is 1.13 bits per heavy atom. The third-order valence-corrected chi connectivity index (χ3v) is 2.66. The quantitative estimate of drug-likeness (QED) is 0.823. The van der Waals surface area contributed by atoms with Gasteiger partial charge in [0, 0.05) is 11.3 Å². The van der Waals surface area contributed by atoms with Gasteiger partial charge in [0.15, 0.2) is 0 Å². The standard InChI is InChI=1S/C10H9Cl2N3/c11-4-6-1-2-8-7(3-6)10(13)15-9(5-12)14-8/h1-3H,4-5H2,(H2,13,14,15). The molecule has 1 aromatic heterocycles. The highest BCUT2D eigenvalue weighted by molar-refractivity contribution is 6.17. The van der Waals surface area contributed by atoms with E-state index in [4.69, 9.17) is 28.9 Å². The zero-order valence-electron chi connectivity index (χ0n) is 7.87. The summed E-state index contributed by atoms with van der Waals surface area (Å²) in [7, 11) is 0. The smallest absolute Gasteiger partial charge is 0.146 e. The molecule has 1 aromatic carbocycles. The Morgan fingerprint density at radius 3 is 2.60 bits per heavy atom. The first-order chi connectivity index (χ1) is 7.24. The number of halogens is 2. The van der Waals surface area contributed by atoms with E-state index >= 15 is 0 Å². The summed E-state index contributed by atoms with van der Waals surface area (Å²) >= 11 is 11.4. The van der Waals surface area contributed by atoms with Crippen LogP contribution in [0, 0.1) is 0 Å². The molecule has 15 heavy (non-hydrogen) atoms. The van der Waals surface area contributed by atoms with Gasteiger partial charge in [0.1, 0.15) is 11.6 Å². The fourth-order valence-electron chi connectivity index (χ4n) is 1.39. The maximum atomic E-state index is 5.80. The van der Waals surface area contributed by atoms with Crippen molar-refractivity contribution in [1.82, 2.24) is 9.97 Å². The molecule has 0 unspecified atom stereocenters. The molecule has 0 spiro atoms. The molecule has 0 atom stereocenters. The highest BCUT2D eigenvalue weighted by Gasteiger charge is 2.05. The Labute approximate surface area is 97.2 Å². The molecule has 0 aliphatic carbocycles. The molecule has 0 aliphatic rings. The third-order valence-electron chi connectivity index (χ3n) is 2.11. The van der Waals surface area contributed by atoms with Crippen LogP contribution in [0.4, 0.5) is 5.82 Å². The van der Waals surface area contributed by atoms with E-state index in [1.54, 1.807) is 0 Å². The van der Waals surface area contributed by atoms with Crippen molar-refractivity contribution in [1.29, 1.82) is 0 Å². The number of alkyl halides is 2. The van der Waals surface area contributed by atoms with E-state index in [1.807, 2.05) is 18.2 Å². The van der Waals surface area contributed by atoms with Gasteiger partial charge >= 0.3 is 0 Å². The maximum Gasteiger partial charge on any atom is 0.146 e. The lowest BCUT2D eigenvalue weighted by Gasteiger charge is -2.04. The van der Waals surface area contributed by atoms with Crippen LogP contribution >= 0.6 is 23.2 Å². The SMILES string of the molecule is Nc1nc(CCl)nc2ccc(CCl)cc12. The van der Waals surface area contributed by atoms with E-state index in [9.17, 15) is 0 Å². The number of nitrogens with zero attached hydrogens (tertiary/aromatic N) is 2. The molecule has 0 saturated carbocycles. The summed E-state index contributed by atoms with van der Waals surface area (Å²) in [4.78, 5) is 8.35. The average Bonchev–Trinajstić information content (AvgIpc) is 2.28. The lowest BCUT2D eigenvalue weighted by atomic mass is 10.1. The number of benzene rings is 1. The summed E-state index contributed by atoms with van der Waals surface area (Å²) in [6.45, 7) is 0. The molecule has 1 heterocycles. The van der Waals surface area contributed by atoms with E-state index in [0.717, 1.165) is 16.5 Å². The topological polar surface area (TPSA) is 51.8 Å². The van der Waals surface area contributed by atoms with Crippen molar-refractivity contribution < 1.29 is 0 Å². The molecule has 0 radical (unpaired) electrons. The van der Waals surface area contributed by atoms with Gasteiger partial charge in [-0.3, -0.25) is 0 Å². The second kappa shape index (κ2) is 4.21. The van der Waals surface area contributed by atoms with Crippen molar-refractivity contribution in [3.8, 4) is 0 Å². The van der Waals surface area contributed by atoms with E-state index in [2.05, 4.69) is 9.97 Å². The van der Waals surface area contributed by atoms with Gasteiger partial charge in [-0.25, -0.2) is 9.97 Å². The van der Waals surface area contributed by atoms with Crippen LogP contribution in [0.1, 0.15) is 11.4 Å². The Morgan fingerprint density at radius 2 is 1.93 bits per heavy atom. The molecule has 3 nitrogen and oxygen atoms in total. The number of anilines is 1. The molecule has 2 N–H and O–H groups in total. The van der Waals surface area contributed by atoms with Gasteiger partial charge in [-0.05, 0) is 17.7 Å². The lowest BCUT2D eigenvalue weighted by Crippen LogP contribution is -1.99. The first kappa shape index (κ1) is 10.5. The zero-order valence-corrected chi connectivity index (χ0v) is 9.39. The van der Waals surface area contributed by atoms with Crippen LogP contribution in [0.3, 0.4) is 0 Å². The average molecular weight is 242 g/mol. The summed E-state index contributed by atoms with van der Waals surface area (Å²) in [6, 6.07) is 5.69. The number of hydrogen-bond acceptors (Lipinski definition) is 3. The molecular formula is C10H9Cl2N3. The molecule has 0 saturated heterocycles. The molecule has 78 valence electrons. The van der Waals surface area contributed by atoms with Crippen molar-refractivity contribution in [2.45, 2.75) is 11.8 Å². The van der Waals surface area contributed by atoms with Gasteiger partial charge in [-0.2, -0.15) is 0 Å². The molecule has 2 rings (SSSR count). The van der Waals surface area contributed by atoms with Crippen molar-refractivity contribution in [2.75, 3.05) is 5.73 Å². The molecule has 0 amide bonds. The van der Waals surface area contributed by atoms with Crippen LogP contribution in [0.25, 0.3) is 10.9 Å². The summed E-state index contributed by atoms with van der Waals surface area (Å²) in [6.07, 6.45) is 0. The Bertz CT molecular complexity index is 499. The van der Waals surface area contributed by atoms with Crippen molar-refractivity contribution >= 4 is 39.9 Å². The predicted octanol–water partition coefficient (Wildman–Crippen LogP) is 2.69. The number of fused-ring (bicyclic) bond motifs is 1. The number of nitrogen functional groups attached to an aromatic ring is 1. The largest absolute Gasteiger partial charge is 0.383 e. The van der Waals surface area contributed by atoms with E-state index in [1.165, 1.54) is 0 Å². The number of nitrogens with two attached hydrogens (primary N) is 1. The summed E-state index contributed by atoms with van der Waals surface area (Å²) in [5.41, 5.74) is 7.60. The lowest BCUT2D eigenvalue weighted by molar-refractivity contribution is 1.07. The van der Waals surface area contributed by atoms with Crippen molar-refractivity contribution in [3.63, 3.8) is 0 Å². The van der Waals surface area contributed by atoms with Crippen molar-refractivity contribution in [3.05, 3.63) is 29.6 Å². The van der Waals surface area contributed by atoms with Crippen LogP contribution in [0.15, 0.2) is 18.2 Å². The summed E-state index contributed by atoms with van der Waals surface area (Å²) in [5, 5.41) is 0.821. The van der Waals surface area contributed by atoms with Crippen LogP contribution in [-0.2, 0) is 11.8 Å². The minimum absolute atomic E-state index is 0.261. The number of aromatic nitrogens is 2. The van der Waals surface area contributed by atoms with Crippen LogP contribution in [0.5, 0.6) is 0 Å². The second-order valence-corrected chi connectivity index (χ2v) is 3.68. The highest BCUT2D eigenvalue weighted by Crippen LogP contribution is 2.20. The van der Waals surface area contributed by atoms with Gasteiger partial charge in [0.2, 0.25) is 0 Å². The number of rotatable bonds is 2. The number of hydrogen-bond donors (Lipinski definition) is 1. The molecule has 0 fully saturated rings. The fraction of sp³-hybridized carbons (Fsp3) is 0.200. The highest BCUT2D eigenvalue weighted by atomic mass is 35.5. The summed E-state index contributed by atoms with van der Waals surface area (Å²) in [5.74, 6) is 1.70. The van der Waals surface area contributed by atoms with Gasteiger partial charge < -0.3 is 5.73 Å². The minimum Gasteiger partial charge on any atom is -0.383 e. The van der Waals surface area contributed by atoms with Gasteiger partial charge in [-0.1, -0.05) is 6.07 Å². The maximum absolute atomic E-state index is 5.80. The van der Waals surface area contributed by atoms with Gasteiger partial charge in [0.25, 0.3) is 0 Å². The molecule has 0 aliphatic heterocycles. The first-order valence-corrected chi connectivity index (χ1v) is 5.48. The Balaban J connectivity index is 2.68. The molecular weight excluding hydrogens is 233 g/mol. The van der Waals surface area contributed by atoms with Crippen LogP contribution in [-0.4, -0.2) is 9.97 Å². The predicted molar refractivity (Wildman–Crippen MR) is 63.1 cm³/mol. The molecule has 2 aromatic rings. The summed E-state index contributed by atoms with van der Waals surface area (Å²) < 4.78 is 0. The Hall–Kier alpha value is -1.06. The fourth-order valence-corrected chi connectivity index (χ4v) is 1.68. The third kappa shape index (κ3) is 1.98.